The van der Waals surface area contributed by atoms with Crippen LogP contribution in [0.5, 0.6) is 0 Å². The van der Waals surface area contributed by atoms with E-state index in [1.54, 1.807) is 12.1 Å². The maximum absolute atomic E-state index is 12.6. The molecule has 2 aromatic heterocycles. The zero-order valence-corrected chi connectivity index (χ0v) is 22.2. The molecule has 0 spiro atoms. The Morgan fingerprint density at radius 1 is 0.921 bits per heavy atom. The highest BCUT2D eigenvalue weighted by molar-refractivity contribution is 7.92. The monoisotopic (exact) mass is 528 g/mol. The molecule has 4 aromatic rings. The highest BCUT2D eigenvalue weighted by atomic mass is 32.2. The molecule has 1 N–H and O–H groups in total. The van der Waals surface area contributed by atoms with Crippen molar-refractivity contribution in [2.24, 2.45) is 5.92 Å². The molecule has 7 rings (SSSR count). The summed E-state index contributed by atoms with van der Waals surface area (Å²) in [4.78, 5) is 7.65. The average molecular weight is 529 g/mol. The Kier molecular flexibility index (Phi) is 6.06. The second-order valence-corrected chi connectivity index (χ2v) is 13.2. The third-order valence-electron chi connectivity index (χ3n) is 8.31. The topological polar surface area (TPSA) is 88.2 Å². The van der Waals surface area contributed by atoms with Crippen LogP contribution in [0.15, 0.2) is 59.6 Å². The normalized spacial score (nSPS) is 20.5. The summed E-state index contributed by atoms with van der Waals surface area (Å²) in [6, 6.07) is 16.1. The number of hydrogen-bond donors (Lipinski definition) is 1. The lowest BCUT2D eigenvalue weighted by atomic mass is 9.96. The van der Waals surface area contributed by atoms with Gasteiger partial charge in [0, 0.05) is 49.0 Å². The van der Waals surface area contributed by atoms with Crippen molar-refractivity contribution >= 4 is 20.9 Å². The lowest BCUT2D eigenvalue weighted by Crippen LogP contribution is -2.32. The lowest BCUT2D eigenvalue weighted by molar-refractivity contribution is 0.168. The summed E-state index contributed by atoms with van der Waals surface area (Å²) in [6.45, 7) is 5.14. The molecule has 2 aliphatic heterocycles. The molecule has 0 bridgehead atoms. The quantitative estimate of drug-likeness (QED) is 0.392. The van der Waals surface area contributed by atoms with E-state index in [0.717, 1.165) is 91.9 Å². The van der Waals surface area contributed by atoms with Gasteiger partial charge in [0.05, 0.1) is 16.8 Å². The lowest BCUT2D eigenvalue weighted by Gasteiger charge is -2.22. The van der Waals surface area contributed by atoms with Gasteiger partial charge in [-0.2, -0.15) is 5.10 Å². The highest BCUT2D eigenvalue weighted by Crippen LogP contribution is 2.35. The van der Waals surface area contributed by atoms with E-state index in [0.29, 0.717) is 10.8 Å². The Bertz CT molecular complexity index is 1590. The van der Waals surface area contributed by atoms with E-state index in [4.69, 9.17) is 4.74 Å². The van der Waals surface area contributed by atoms with Gasteiger partial charge in [-0.3, -0.25) is 5.10 Å². The number of fused-ring (bicyclic) bond motifs is 2. The van der Waals surface area contributed by atoms with Crippen molar-refractivity contribution in [2.45, 2.75) is 42.2 Å². The Labute approximate surface area is 223 Å². The van der Waals surface area contributed by atoms with Crippen LogP contribution in [0.4, 0.5) is 0 Å². The van der Waals surface area contributed by atoms with Gasteiger partial charge in [0.15, 0.2) is 15.5 Å². The molecule has 1 saturated carbocycles. The number of benzene rings is 2. The second kappa shape index (κ2) is 9.59. The van der Waals surface area contributed by atoms with Gasteiger partial charge < -0.3 is 9.64 Å². The second-order valence-electron chi connectivity index (χ2n) is 11.0. The number of nitrogens with zero attached hydrogens (tertiary/aromatic N) is 3. The van der Waals surface area contributed by atoms with Gasteiger partial charge in [0.25, 0.3) is 0 Å². The third kappa shape index (κ3) is 4.55. The van der Waals surface area contributed by atoms with Crippen LogP contribution in [0.3, 0.4) is 0 Å². The fraction of sp³-hybridized carbons (Fsp3) is 0.400. The molecule has 1 unspecified atom stereocenters. The molecule has 7 nitrogen and oxygen atoms in total. The maximum Gasteiger partial charge on any atom is 0.181 e. The molecule has 0 amide bonds. The van der Waals surface area contributed by atoms with E-state index in [2.05, 4.69) is 44.3 Å². The van der Waals surface area contributed by atoms with Crippen molar-refractivity contribution in [3.63, 3.8) is 0 Å². The number of H-pyrrole nitrogens is 1. The number of aromatic nitrogens is 3. The molecule has 2 fully saturated rings. The van der Waals surface area contributed by atoms with Gasteiger partial charge in [0.1, 0.15) is 5.69 Å². The fourth-order valence-electron chi connectivity index (χ4n) is 5.88. The van der Waals surface area contributed by atoms with Crippen LogP contribution < -0.4 is 0 Å². The molecule has 38 heavy (non-hydrogen) atoms. The van der Waals surface area contributed by atoms with Crippen molar-refractivity contribution in [2.75, 3.05) is 32.8 Å². The molecule has 1 aliphatic carbocycles. The van der Waals surface area contributed by atoms with Gasteiger partial charge in [-0.25, -0.2) is 13.4 Å². The Morgan fingerprint density at radius 3 is 2.47 bits per heavy atom. The van der Waals surface area contributed by atoms with Crippen LogP contribution in [0.1, 0.15) is 30.4 Å². The van der Waals surface area contributed by atoms with Crippen LogP contribution in [0.2, 0.25) is 0 Å². The molecule has 8 heteroatoms. The first-order valence-electron chi connectivity index (χ1n) is 13.7. The minimum atomic E-state index is -3.21. The minimum Gasteiger partial charge on any atom is -0.381 e. The molecule has 4 heterocycles. The van der Waals surface area contributed by atoms with Gasteiger partial charge >= 0.3 is 0 Å². The van der Waals surface area contributed by atoms with Crippen molar-refractivity contribution in [1.29, 1.82) is 0 Å². The van der Waals surface area contributed by atoms with Crippen molar-refractivity contribution < 1.29 is 13.2 Å². The first-order chi connectivity index (χ1) is 18.5. The number of nitrogens with one attached hydrogen (secondary N) is 1. The Morgan fingerprint density at radius 2 is 1.71 bits per heavy atom. The van der Waals surface area contributed by atoms with E-state index in [-0.39, 0.29) is 5.25 Å². The molecular weight excluding hydrogens is 496 g/mol. The molecular formula is C30H32N4O3S. The summed E-state index contributed by atoms with van der Waals surface area (Å²) < 4.78 is 30.8. The van der Waals surface area contributed by atoms with Crippen LogP contribution in [-0.4, -0.2) is 66.6 Å². The number of sulfone groups is 1. The van der Waals surface area contributed by atoms with Crippen molar-refractivity contribution in [3.05, 3.63) is 65.9 Å². The summed E-state index contributed by atoms with van der Waals surface area (Å²) in [6.07, 6.45) is 6.75. The van der Waals surface area contributed by atoms with Crippen molar-refractivity contribution in [3.8, 4) is 22.4 Å². The predicted molar refractivity (Wildman–Crippen MR) is 148 cm³/mol. The van der Waals surface area contributed by atoms with Crippen LogP contribution in [0, 0.1) is 5.92 Å². The summed E-state index contributed by atoms with van der Waals surface area (Å²) >= 11 is 0. The highest BCUT2D eigenvalue weighted by Gasteiger charge is 2.36. The van der Waals surface area contributed by atoms with Crippen LogP contribution in [0.25, 0.3) is 33.4 Å². The van der Waals surface area contributed by atoms with Crippen molar-refractivity contribution in [1.82, 2.24) is 20.1 Å². The van der Waals surface area contributed by atoms with E-state index in [1.807, 2.05) is 18.3 Å². The molecule has 0 radical (unpaired) electrons. The van der Waals surface area contributed by atoms with Gasteiger partial charge in [-0.05, 0) is 72.9 Å². The minimum absolute atomic E-state index is 0.211. The van der Waals surface area contributed by atoms with E-state index < -0.39 is 9.84 Å². The van der Waals surface area contributed by atoms with Crippen LogP contribution >= 0.6 is 0 Å². The molecule has 1 saturated heterocycles. The molecule has 1 atom stereocenters. The number of pyridine rings is 1. The van der Waals surface area contributed by atoms with E-state index >= 15 is 0 Å². The predicted octanol–water partition coefficient (Wildman–Crippen LogP) is 4.67. The molecule has 196 valence electrons. The number of hydrogen-bond acceptors (Lipinski definition) is 6. The first kappa shape index (κ1) is 24.0. The standard InChI is InChI=1S/C30H32N4O3S/c35-38(36,27-7-8-27)26-5-3-22(4-6-26)29-28-16-25(17-31-30(28)33-32-29)23-2-1-21-9-12-34(13-10-24(21)15-23)18-20-11-14-37-19-20/h1-6,15-17,20,27H,7-14,18-19H2,(H,31,32,33). The fourth-order valence-corrected chi connectivity index (χ4v) is 7.54. The Balaban J connectivity index is 1.14. The van der Waals surface area contributed by atoms with Gasteiger partial charge in [-0.15, -0.1) is 0 Å². The molecule has 2 aromatic carbocycles. The summed E-state index contributed by atoms with van der Waals surface area (Å²) in [5.41, 5.74) is 7.46. The summed E-state index contributed by atoms with van der Waals surface area (Å²) in [5, 5.41) is 8.28. The summed E-state index contributed by atoms with van der Waals surface area (Å²) in [5.74, 6) is 0.674. The largest absolute Gasteiger partial charge is 0.381 e. The first-order valence-corrected chi connectivity index (χ1v) is 15.2. The Hall–Kier alpha value is -3.07. The van der Waals surface area contributed by atoms with Gasteiger partial charge in [-0.1, -0.05) is 30.3 Å². The maximum atomic E-state index is 12.6. The number of ether oxygens (including phenoxy) is 1. The van der Waals surface area contributed by atoms with Crippen LogP contribution in [-0.2, 0) is 27.4 Å². The molecule has 3 aliphatic rings. The summed E-state index contributed by atoms with van der Waals surface area (Å²) in [7, 11) is -3.21. The number of aromatic amines is 1. The number of rotatable bonds is 6. The zero-order chi connectivity index (χ0) is 25.7. The SMILES string of the molecule is O=S(=O)(c1ccc(-c2n[nH]c3ncc(-c4ccc5c(c4)CCN(CC4CCOC4)CC5)cc23)cc1)C1CC1. The average Bonchev–Trinajstić information content (AvgIpc) is 3.60. The van der Waals surface area contributed by atoms with Gasteiger partial charge in [0.2, 0.25) is 0 Å². The third-order valence-corrected chi connectivity index (χ3v) is 10.6. The zero-order valence-electron chi connectivity index (χ0n) is 21.4. The smallest absolute Gasteiger partial charge is 0.181 e. The van der Waals surface area contributed by atoms with E-state index in [9.17, 15) is 8.42 Å². The van der Waals surface area contributed by atoms with E-state index in [1.165, 1.54) is 17.5 Å².